The lowest BCUT2D eigenvalue weighted by Crippen LogP contribution is -2.48. The summed E-state index contributed by atoms with van der Waals surface area (Å²) in [4.78, 5) is 14.6. The first-order valence-corrected chi connectivity index (χ1v) is 7.66. The number of hydrogen-bond donors (Lipinski definition) is 1. The summed E-state index contributed by atoms with van der Waals surface area (Å²) < 4.78 is 4.99. The maximum absolute atomic E-state index is 12.3. The van der Waals surface area contributed by atoms with Crippen molar-refractivity contribution in [1.29, 1.82) is 5.26 Å². The normalized spacial score (nSPS) is 17.4. The Morgan fingerprint density at radius 3 is 2.50 bits per heavy atom. The molecule has 0 spiro atoms. The Balaban J connectivity index is 2.03. The van der Waals surface area contributed by atoms with E-state index in [1.54, 1.807) is 6.92 Å². The number of nitrogens with one attached hydrogen (secondary N) is 1. The predicted molar refractivity (Wildman–Crippen MR) is 85.9 cm³/mol. The molecule has 1 heterocycles. The molecule has 1 atom stereocenters. The minimum atomic E-state index is -1.02. The number of carbonyl (C=O) groups excluding carboxylic acids is 1. The Morgan fingerprint density at radius 2 is 1.95 bits per heavy atom. The maximum Gasteiger partial charge on any atom is 0.252 e. The van der Waals surface area contributed by atoms with Gasteiger partial charge in [0.05, 0.1) is 12.7 Å². The van der Waals surface area contributed by atoms with Gasteiger partial charge in [-0.1, -0.05) is 0 Å². The zero-order chi connectivity index (χ0) is 16.0. The van der Waals surface area contributed by atoms with Gasteiger partial charge in [-0.2, -0.15) is 5.26 Å². The van der Waals surface area contributed by atoms with Crippen molar-refractivity contribution in [2.45, 2.75) is 31.7 Å². The average molecular weight is 301 g/mol. The predicted octanol–water partition coefficient (Wildman–Crippen LogP) is 2.34. The van der Waals surface area contributed by atoms with Gasteiger partial charge in [-0.25, -0.2) is 0 Å². The smallest absolute Gasteiger partial charge is 0.252 e. The molecule has 0 aromatic heterocycles. The number of ether oxygens (including phenoxy) is 1. The quantitative estimate of drug-likeness (QED) is 0.906. The molecule has 0 bridgehead atoms. The van der Waals surface area contributed by atoms with Gasteiger partial charge in [0.15, 0.2) is 0 Å². The van der Waals surface area contributed by atoms with Crippen LogP contribution in [0.4, 0.5) is 5.69 Å². The van der Waals surface area contributed by atoms with Crippen LogP contribution in [0.3, 0.4) is 0 Å². The second-order valence-electron chi connectivity index (χ2n) is 5.93. The van der Waals surface area contributed by atoms with Crippen molar-refractivity contribution < 1.29 is 9.53 Å². The Kier molecular flexibility index (Phi) is 5.40. The lowest BCUT2D eigenvalue weighted by molar-refractivity contribution is 0.0860. The summed E-state index contributed by atoms with van der Waals surface area (Å²) in [6.45, 7) is 3.95. The number of benzene rings is 1. The van der Waals surface area contributed by atoms with Crippen LogP contribution in [-0.4, -0.2) is 38.3 Å². The van der Waals surface area contributed by atoms with Gasteiger partial charge in [-0.3, -0.25) is 4.79 Å². The maximum atomic E-state index is 12.3. The van der Waals surface area contributed by atoms with Crippen molar-refractivity contribution in [3.05, 3.63) is 29.8 Å². The van der Waals surface area contributed by atoms with Crippen molar-refractivity contribution >= 4 is 11.6 Å². The molecule has 0 aliphatic carbocycles. The highest BCUT2D eigenvalue weighted by Gasteiger charge is 2.26. The number of nitriles is 1. The molecule has 1 aliphatic rings. The number of rotatable bonds is 5. The van der Waals surface area contributed by atoms with Gasteiger partial charge in [0.25, 0.3) is 5.91 Å². The minimum Gasteiger partial charge on any atom is -0.381 e. The fraction of sp³-hybridized carbons (Fsp3) is 0.529. The molecule has 5 heteroatoms. The Labute approximate surface area is 131 Å². The number of anilines is 1. The Bertz CT molecular complexity index is 544. The van der Waals surface area contributed by atoms with Gasteiger partial charge in [0, 0.05) is 31.5 Å². The van der Waals surface area contributed by atoms with E-state index in [0.29, 0.717) is 5.56 Å². The molecule has 1 N–H and O–H groups in total. The third-order valence-electron chi connectivity index (χ3n) is 3.92. The summed E-state index contributed by atoms with van der Waals surface area (Å²) in [7, 11) is 1.51. The number of nitrogens with zero attached hydrogens (tertiary/aromatic N) is 2. The lowest BCUT2D eigenvalue weighted by atomic mass is 10.0. The second-order valence-corrected chi connectivity index (χ2v) is 5.93. The molecule has 1 fully saturated rings. The molecule has 1 amide bonds. The van der Waals surface area contributed by atoms with Crippen LogP contribution in [0.25, 0.3) is 0 Å². The molecular weight excluding hydrogens is 278 g/mol. The lowest BCUT2D eigenvalue weighted by Gasteiger charge is -2.29. The highest BCUT2D eigenvalue weighted by Crippen LogP contribution is 2.20. The minimum absolute atomic E-state index is 0.154. The van der Waals surface area contributed by atoms with Crippen LogP contribution in [0.5, 0.6) is 0 Å². The van der Waals surface area contributed by atoms with Crippen LogP contribution < -0.4 is 10.2 Å². The summed E-state index contributed by atoms with van der Waals surface area (Å²) in [6.07, 6.45) is 3.74. The van der Waals surface area contributed by atoms with Gasteiger partial charge in [-0.15, -0.1) is 0 Å². The van der Waals surface area contributed by atoms with Crippen molar-refractivity contribution in [3.63, 3.8) is 0 Å². The molecule has 22 heavy (non-hydrogen) atoms. The molecule has 118 valence electrons. The van der Waals surface area contributed by atoms with Crippen molar-refractivity contribution in [2.24, 2.45) is 0 Å². The molecular formula is C17H23N3O2. The van der Waals surface area contributed by atoms with Gasteiger partial charge >= 0.3 is 0 Å². The average Bonchev–Trinajstić information content (AvgIpc) is 2.56. The van der Waals surface area contributed by atoms with E-state index in [2.05, 4.69) is 16.3 Å². The van der Waals surface area contributed by atoms with Gasteiger partial charge in [-0.05, 0) is 50.5 Å². The third-order valence-corrected chi connectivity index (χ3v) is 3.92. The molecule has 1 aromatic rings. The van der Waals surface area contributed by atoms with Crippen LogP contribution in [0.1, 0.15) is 36.5 Å². The third kappa shape index (κ3) is 3.99. The number of piperidine rings is 1. The van der Waals surface area contributed by atoms with Crippen LogP contribution in [0, 0.1) is 11.3 Å². The molecule has 1 aliphatic heterocycles. The summed E-state index contributed by atoms with van der Waals surface area (Å²) in [5.74, 6) is -0.258. The van der Waals surface area contributed by atoms with E-state index in [4.69, 9.17) is 4.74 Å². The van der Waals surface area contributed by atoms with Crippen LogP contribution in [0.2, 0.25) is 0 Å². The largest absolute Gasteiger partial charge is 0.381 e. The number of methoxy groups -OCH3 is 1. The molecule has 1 unspecified atom stereocenters. The summed E-state index contributed by atoms with van der Waals surface area (Å²) >= 11 is 0. The van der Waals surface area contributed by atoms with Gasteiger partial charge in [0.2, 0.25) is 0 Å². The Morgan fingerprint density at radius 1 is 1.32 bits per heavy atom. The molecule has 0 saturated carbocycles. The summed E-state index contributed by atoms with van der Waals surface area (Å²) in [5.41, 5.74) is 0.687. The van der Waals surface area contributed by atoms with E-state index in [9.17, 15) is 10.1 Å². The first kappa shape index (κ1) is 16.3. The van der Waals surface area contributed by atoms with Crippen molar-refractivity contribution in [3.8, 4) is 6.07 Å². The molecule has 0 radical (unpaired) electrons. The first-order valence-electron chi connectivity index (χ1n) is 7.66. The number of carbonyl (C=O) groups is 1. The van der Waals surface area contributed by atoms with E-state index < -0.39 is 5.54 Å². The zero-order valence-electron chi connectivity index (χ0n) is 13.3. The van der Waals surface area contributed by atoms with Gasteiger partial charge in [0.1, 0.15) is 5.54 Å². The molecule has 1 aromatic carbocycles. The fourth-order valence-corrected chi connectivity index (χ4v) is 2.68. The molecule has 2 rings (SSSR count). The van der Waals surface area contributed by atoms with Crippen molar-refractivity contribution in [1.82, 2.24) is 5.32 Å². The summed E-state index contributed by atoms with van der Waals surface area (Å²) in [5, 5.41) is 11.9. The van der Waals surface area contributed by atoms with Gasteiger partial charge < -0.3 is 15.0 Å². The highest BCUT2D eigenvalue weighted by atomic mass is 16.5. The fourth-order valence-electron chi connectivity index (χ4n) is 2.68. The monoisotopic (exact) mass is 301 g/mol. The first-order chi connectivity index (χ1) is 10.6. The Hall–Kier alpha value is -2.06. The number of amides is 1. The second kappa shape index (κ2) is 7.28. The topological polar surface area (TPSA) is 65.4 Å². The summed E-state index contributed by atoms with van der Waals surface area (Å²) in [6, 6.07) is 9.64. The van der Waals surface area contributed by atoms with E-state index in [1.807, 2.05) is 24.3 Å². The van der Waals surface area contributed by atoms with E-state index in [-0.39, 0.29) is 12.5 Å². The van der Waals surface area contributed by atoms with E-state index in [1.165, 1.54) is 26.4 Å². The van der Waals surface area contributed by atoms with E-state index in [0.717, 1.165) is 18.8 Å². The van der Waals surface area contributed by atoms with E-state index >= 15 is 0 Å². The zero-order valence-corrected chi connectivity index (χ0v) is 13.3. The highest BCUT2D eigenvalue weighted by molar-refractivity contribution is 5.95. The van der Waals surface area contributed by atoms with Crippen molar-refractivity contribution in [2.75, 3.05) is 31.7 Å². The van der Waals surface area contributed by atoms with Crippen LogP contribution >= 0.6 is 0 Å². The van der Waals surface area contributed by atoms with Crippen LogP contribution in [-0.2, 0) is 4.74 Å². The standard InChI is InChI=1S/C17H23N3O2/c1-17(12-18,13-22-2)19-16(21)14-6-8-15(9-7-14)20-10-4-3-5-11-20/h6-9H,3-5,10-11,13H2,1-2H3,(H,19,21). The number of hydrogen-bond acceptors (Lipinski definition) is 4. The SMILES string of the molecule is COCC(C)(C#N)NC(=O)c1ccc(N2CCCCC2)cc1. The molecule has 5 nitrogen and oxygen atoms in total. The van der Waals surface area contributed by atoms with Crippen LogP contribution in [0.15, 0.2) is 24.3 Å². The molecule has 1 saturated heterocycles.